The Labute approximate surface area is 397 Å². The summed E-state index contributed by atoms with van der Waals surface area (Å²) in [5, 5.41) is 1.78. The Balaban J connectivity index is 1.02. The number of aromatic nitrogens is 2. The van der Waals surface area contributed by atoms with Crippen LogP contribution in [0.5, 0.6) is 11.5 Å². The average Bonchev–Trinajstić information content (AvgIpc) is 4.04. The predicted molar refractivity (Wildman–Crippen MR) is 276 cm³/mol. The third kappa shape index (κ3) is 7.16. The molecule has 328 valence electrons. The van der Waals surface area contributed by atoms with Crippen molar-refractivity contribution in [2.75, 3.05) is 16.5 Å². The zero-order valence-corrected chi connectivity index (χ0v) is 38.9. The van der Waals surface area contributed by atoms with Crippen LogP contribution in [0.3, 0.4) is 0 Å². The summed E-state index contributed by atoms with van der Waals surface area (Å²) >= 11 is 0. The maximum Gasteiger partial charge on any atom is 0.143 e. The molecule has 0 atom stereocenters. The number of pyridine rings is 1. The van der Waals surface area contributed by atoms with Crippen LogP contribution < -0.4 is 14.5 Å². The van der Waals surface area contributed by atoms with Gasteiger partial charge in [0.05, 0.1) is 32.0 Å². The number of fused-ring (bicyclic) bond motifs is 7. The van der Waals surface area contributed by atoms with E-state index in [0.717, 1.165) is 50.1 Å². The lowest BCUT2D eigenvalue weighted by molar-refractivity contribution is 0.483. The number of hydrogen-bond donors (Lipinski definition) is 0. The van der Waals surface area contributed by atoms with Crippen LogP contribution in [0.25, 0.3) is 60.7 Å². The minimum atomic E-state index is -0.465. The molecule has 4 heterocycles. The van der Waals surface area contributed by atoms with Gasteiger partial charge in [-0.1, -0.05) is 129 Å². The van der Waals surface area contributed by atoms with Crippen LogP contribution in [-0.2, 0) is 16.2 Å². The van der Waals surface area contributed by atoms with Crippen molar-refractivity contribution in [1.29, 1.82) is 0 Å². The van der Waals surface area contributed by atoms with E-state index in [9.17, 15) is 1.37 Å². The van der Waals surface area contributed by atoms with Crippen LogP contribution >= 0.6 is 0 Å². The van der Waals surface area contributed by atoms with E-state index < -0.39 is 12.1 Å². The number of para-hydroxylation sites is 4. The van der Waals surface area contributed by atoms with Crippen LogP contribution in [0.2, 0.25) is 0 Å². The molecule has 0 unspecified atom stereocenters. The molecular formula is C60H56N4O2. The highest BCUT2D eigenvalue weighted by molar-refractivity contribution is 6.13. The van der Waals surface area contributed by atoms with Crippen LogP contribution in [-0.4, -0.2) is 16.2 Å². The Hall–Kier alpha value is -7.31. The number of ether oxygens (including phenoxy) is 1. The molecule has 6 nitrogen and oxygen atoms in total. The Morgan fingerprint density at radius 1 is 0.545 bits per heavy atom. The van der Waals surface area contributed by atoms with Crippen LogP contribution in [0.15, 0.2) is 168 Å². The third-order valence-corrected chi connectivity index (χ3v) is 12.9. The maximum absolute atomic E-state index is 9.19. The zero-order valence-electron chi connectivity index (χ0n) is 45.9. The number of anilines is 4. The van der Waals surface area contributed by atoms with Crippen molar-refractivity contribution < 1.29 is 18.7 Å². The summed E-state index contributed by atoms with van der Waals surface area (Å²) in [5.41, 5.74) is 10.2. The average molecular weight is 872 g/mol. The predicted octanol–water partition coefficient (Wildman–Crippen LogP) is 16.7. The van der Waals surface area contributed by atoms with Crippen molar-refractivity contribution >= 4 is 66.5 Å². The summed E-state index contributed by atoms with van der Waals surface area (Å²) in [6, 6.07) is 37.0. The molecule has 7 aromatic carbocycles. The van der Waals surface area contributed by atoms with Crippen LogP contribution in [0.1, 0.15) is 88.6 Å². The van der Waals surface area contributed by atoms with E-state index in [1.165, 1.54) is 11.1 Å². The summed E-state index contributed by atoms with van der Waals surface area (Å²) in [6.07, 6.45) is 1.82. The van der Waals surface area contributed by atoms with E-state index in [0.29, 0.717) is 29.5 Å². The number of nitrogens with zero attached hydrogens (tertiary/aromatic N) is 4. The maximum atomic E-state index is 9.19. The van der Waals surface area contributed by atoms with Crippen molar-refractivity contribution in [2.24, 2.45) is 0 Å². The van der Waals surface area contributed by atoms with E-state index in [1.807, 2.05) is 60.8 Å². The molecule has 0 saturated carbocycles. The normalized spacial score (nSPS) is 14.9. The van der Waals surface area contributed by atoms with E-state index in [4.69, 9.17) is 22.4 Å². The monoisotopic (exact) mass is 871 g/mol. The molecule has 0 bridgehead atoms. The Bertz CT molecular complexity index is 3900. The van der Waals surface area contributed by atoms with Gasteiger partial charge in [-0.15, -0.1) is 0 Å². The molecule has 0 aliphatic carbocycles. The highest BCUT2D eigenvalue weighted by Gasteiger charge is 2.30. The van der Waals surface area contributed by atoms with Gasteiger partial charge >= 0.3 is 0 Å². The molecular weight excluding hydrogens is 809 g/mol. The number of rotatable bonds is 6. The van der Waals surface area contributed by atoms with Gasteiger partial charge in [-0.25, -0.2) is 4.98 Å². The fourth-order valence-electron chi connectivity index (χ4n) is 9.15. The summed E-state index contributed by atoms with van der Waals surface area (Å²) in [7, 11) is 0. The second-order valence-electron chi connectivity index (χ2n) is 20.5. The highest BCUT2D eigenvalue weighted by Crippen LogP contribution is 2.47. The summed E-state index contributed by atoms with van der Waals surface area (Å²) < 4.78 is 76.2. The quantitative estimate of drug-likeness (QED) is 0.167. The standard InChI is InChI=1S/C60H56N4O2/c1-58(2,3)39-28-29-61-56(34-39)64-51-27-24-38(46-19-15-20-49-48-18-10-13-23-55(48)66-57(46)49)30-50(51)47-26-25-45(36-54(47)64)65-44-17-14-16-42(35-44)62-37-63(53-22-12-11-21-52(53)62)43-32-40(59(4,5)6)31-41(33-43)60(7,8)9/h10-36H,37H2,1-9H3/i10D,13D,15D,18D,19D,20D,23D. The van der Waals surface area contributed by atoms with Gasteiger partial charge in [0.2, 0.25) is 0 Å². The Kier molecular flexibility index (Phi) is 7.82. The molecule has 0 radical (unpaired) electrons. The molecule has 11 rings (SSSR count). The largest absolute Gasteiger partial charge is 0.457 e. The topological polar surface area (TPSA) is 46.7 Å². The van der Waals surface area contributed by atoms with Crippen LogP contribution in [0.4, 0.5) is 22.7 Å². The second kappa shape index (κ2) is 15.1. The summed E-state index contributed by atoms with van der Waals surface area (Å²) in [6.45, 7) is 20.7. The second-order valence-corrected chi connectivity index (χ2v) is 20.5. The van der Waals surface area contributed by atoms with Gasteiger partial charge in [-0.3, -0.25) is 4.57 Å². The SMILES string of the molecule is [2H]c1c([2H])c([2H])c2c(oc3c(-c4ccc5c(c4)c4ccc(Oc6cccc(N7CN(c8cc(C(C)(C)C)cc(C(C)(C)C)c8)c8ccccc87)c6)cc4n5-c4cc(C(C)(C)C)ccn4)c([2H])c([2H])c([2H])c32)c1[2H]. The number of benzene rings is 7. The fourth-order valence-corrected chi connectivity index (χ4v) is 9.15. The van der Waals surface area contributed by atoms with E-state index >= 15 is 0 Å². The molecule has 0 fully saturated rings. The first kappa shape index (κ1) is 34.1. The van der Waals surface area contributed by atoms with Gasteiger partial charge in [0.25, 0.3) is 0 Å². The van der Waals surface area contributed by atoms with Gasteiger partial charge in [0.15, 0.2) is 0 Å². The lowest BCUT2D eigenvalue weighted by Crippen LogP contribution is -2.25. The molecule has 3 aromatic heterocycles. The number of furan rings is 1. The van der Waals surface area contributed by atoms with Gasteiger partial charge < -0.3 is 19.0 Å². The van der Waals surface area contributed by atoms with Crippen molar-refractivity contribution in [1.82, 2.24) is 9.55 Å². The molecule has 0 spiro atoms. The molecule has 1 aliphatic rings. The molecule has 0 saturated heterocycles. The molecule has 1 aliphatic heterocycles. The molecule has 10 aromatic rings. The van der Waals surface area contributed by atoms with Crippen molar-refractivity contribution in [3.8, 4) is 28.4 Å². The molecule has 0 amide bonds. The molecule has 66 heavy (non-hydrogen) atoms. The Morgan fingerprint density at radius 3 is 1.98 bits per heavy atom. The molecule has 6 heteroatoms. The fraction of sp³-hybridized carbons (Fsp3) is 0.217. The lowest BCUT2D eigenvalue weighted by Gasteiger charge is -2.29. The minimum Gasteiger partial charge on any atom is -0.457 e. The van der Waals surface area contributed by atoms with Gasteiger partial charge in [-0.2, -0.15) is 0 Å². The first-order chi connectivity index (χ1) is 34.5. The van der Waals surface area contributed by atoms with E-state index in [-0.39, 0.29) is 74.0 Å². The van der Waals surface area contributed by atoms with Crippen molar-refractivity contribution in [3.05, 3.63) is 180 Å². The first-order valence-corrected chi connectivity index (χ1v) is 22.6. The highest BCUT2D eigenvalue weighted by atomic mass is 16.5. The first-order valence-electron chi connectivity index (χ1n) is 26.1. The van der Waals surface area contributed by atoms with Crippen molar-refractivity contribution in [2.45, 2.75) is 78.6 Å². The lowest BCUT2D eigenvalue weighted by atomic mass is 9.80. The summed E-state index contributed by atoms with van der Waals surface area (Å²) in [5.74, 6) is 1.98. The third-order valence-electron chi connectivity index (χ3n) is 12.9. The van der Waals surface area contributed by atoms with E-state index in [1.54, 1.807) is 0 Å². The van der Waals surface area contributed by atoms with Gasteiger partial charge in [0, 0.05) is 56.8 Å². The number of hydrogen-bond acceptors (Lipinski definition) is 5. The zero-order chi connectivity index (χ0) is 51.8. The van der Waals surface area contributed by atoms with Gasteiger partial charge in [-0.05, 0) is 117 Å². The van der Waals surface area contributed by atoms with E-state index in [2.05, 4.69) is 137 Å². The van der Waals surface area contributed by atoms with Gasteiger partial charge in [0.1, 0.15) is 35.2 Å². The smallest absolute Gasteiger partial charge is 0.143 e. The minimum absolute atomic E-state index is 0.0186. The molecule has 0 N–H and O–H groups in total. The summed E-state index contributed by atoms with van der Waals surface area (Å²) in [4.78, 5) is 9.64. The Morgan fingerprint density at radius 2 is 1.24 bits per heavy atom. The van der Waals surface area contributed by atoms with Crippen LogP contribution in [0, 0.1) is 0 Å². The van der Waals surface area contributed by atoms with Crippen molar-refractivity contribution in [3.63, 3.8) is 0 Å².